The van der Waals surface area contributed by atoms with Crippen molar-refractivity contribution < 1.29 is 0 Å². The van der Waals surface area contributed by atoms with E-state index >= 15 is 0 Å². The van der Waals surface area contributed by atoms with Gasteiger partial charge in [0.05, 0.1) is 0 Å². The summed E-state index contributed by atoms with van der Waals surface area (Å²) >= 11 is 6.05. The van der Waals surface area contributed by atoms with Crippen LogP contribution < -0.4 is 0 Å². The van der Waals surface area contributed by atoms with Gasteiger partial charge in [0.25, 0.3) is 0 Å². The third kappa shape index (κ3) is 4.25. The van der Waals surface area contributed by atoms with E-state index in [1.807, 2.05) is 11.8 Å². The van der Waals surface area contributed by atoms with Gasteiger partial charge in [-0.15, -0.1) is 0 Å². The van der Waals surface area contributed by atoms with Crippen molar-refractivity contribution in [1.29, 1.82) is 0 Å². The Morgan fingerprint density at radius 1 is 1.29 bits per heavy atom. The Hall–Kier alpha value is -0.340. The molecule has 0 aliphatic heterocycles. The number of hydrogen-bond acceptors (Lipinski definition) is 2. The van der Waals surface area contributed by atoms with E-state index in [1.165, 1.54) is 11.1 Å². The molecular weight excluding hydrogens is 208 g/mol. The summed E-state index contributed by atoms with van der Waals surface area (Å²) in [5.41, 5.74) is 2.83. The number of thiol groups is 1. The van der Waals surface area contributed by atoms with Crippen molar-refractivity contribution in [2.45, 2.75) is 12.7 Å². The summed E-state index contributed by atoms with van der Waals surface area (Å²) < 4.78 is 0. The van der Waals surface area contributed by atoms with Crippen LogP contribution in [0.15, 0.2) is 36.4 Å². The Kier molecular flexibility index (Phi) is 5.88. The van der Waals surface area contributed by atoms with Crippen LogP contribution in [0.3, 0.4) is 0 Å². The van der Waals surface area contributed by atoms with Gasteiger partial charge in [0.15, 0.2) is 0 Å². The van der Waals surface area contributed by atoms with Crippen LogP contribution in [0.4, 0.5) is 0 Å². The molecule has 14 heavy (non-hydrogen) atoms. The monoisotopic (exact) mass is 224 g/mol. The summed E-state index contributed by atoms with van der Waals surface area (Å²) in [6.07, 6.45) is 4.27. The van der Waals surface area contributed by atoms with Gasteiger partial charge in [-0.25, -0.2) is 0 Å². The van der Waals surface area contributed by atoms with Crippen molar-refractivity contribution in [2.24, 2.45) is 0 Å². The highest BCUT2D eigenvalue weighted by Gasteiger charge is 1.95. The molecule has 0 amide bonds. The Morgan fingerprint density at radius 3 is 2.79 bits per heavy atom. The standard InChI is InChI=1S/C12H16S2/c1-11-6-2-3-7-12(11)10-14-9-5-4-8-13/h2-7,13H,8-10H2,1H3. The van der Waals surface area contributed by atoms with Crippen molar-refractivity contribution in [3.05, 3.63) is 47.5 Å². The van der Waals surface area contributed by atoms with Crippen LogP contribution in [-0.4, -0.2) is 11.5 Å². The molecule has 0 saturated carbocycles. The number of hydrogen-bond donors (Lipinski definition) is 1. The van der Waals surface area contributed by atoms with E-state index in [1.54, 1.807) is 0 Å². The molecule has 0 unspecified atom stereocenters. The topological polar surface area (TPSA) is 0 Å². The maximum atomic E-state index is 4.11. The van der Waals surface area contributed by atoms with Crippen LogP contribution in [0.2, 0.25) is 0 Å². The van der Waals surface area contributed by atoms with E-state index in [9.17, 15) is 0 Å². The maximum absolute atomic E-state index is 4.11. The fraction of sp³-hybridized carbons (Fsp3) is 0.333. The molecule has 0 bridgehead atoms. The minimum absolute atomic E-state index is 0.838. The van der Waals surface area contributed by atoms with Crippen LogP contribution in [0, 0.1) is 6.92 Å². The Balaban J connectivity index is 2.31. The van der Waals surface area contributed by atoms with Gasteiger partial charge >= 0.3 is 0 Å². The zero-order valence-electron chi connectivity index (χ0n) is 8.44. The number of rotatable bonds is 5. The second-order valence-electron chi connectivity index (χ2n) is 3.10. The molecule has 0 aliphatic rings. The average molecular weight is 224 g/mol. The summed E-state index contributed by atoms with van der Waals surface area (Å²) in [4.78, 5) is 0. The minimum atomic E-state index is 0.838. The molecule has 1 aromatic carbocycles. The van der Waals surface area contributed by atoms with Gasteiger partial charge in [-0.3, -0.25) is 0 Å². The molecule has 0 heterocycles. The van der Waals surface area contributed by atoms with Crippen molar-refractivity contribution in [1.82, 2.24) is 0 Å². The molecule has 0 N–H and O–H groups in total. The van der Waals surface area contributed by atoms with Crippen LogP contribution in [0.5, 0.6) is 0 Å². The summed E-state index contributed by atoms with van der Waals surface area (Å²) in [5, 5.41) is 0. The molecule has 0 atom stereocenters. The van der Waals surface area contributed by atoms with Crippen LogP contribution in [0.25, 0.3) is 0 Å². The first-order chi connectivity index (χ1) is 6.84. The second kappa shape index (κ2) is 7.02. The highest BCUT2D eigenvalue weighted by atomic mass is 32.2. The first-order valence-electron chi connectivity index (χ1n) is 4.72. The van der Waals surface area contributed by atoms with Crippen molar-refractivity contribution >= 4 is 24.4 Å². The molecule has 0 fully saturated rings. The molecule has 2 heteroatoms. The largest absolute Gasteiger partial charge is 0.175 e. The van der Waals surface area contributed by atoms with Gasteiger partial charge < -0.3 is 0 Å². The molecule has 0 nitrogen and oxygen atoms in total. The summed E-state index contributed by atoms with van der Waals surface area (Å²) in [7, 11) is 0. The van der Waals surface area contributed by atoms with Gasteiger partial charge in [0.1, 0.15) is 0 Å². The highest BCUT2D eigenvalue weighted by molar-refractivity contribution is 7.98. The first kappa shape index (κ1) is 11.7. The Bertz CT molecular complexity index is 292. The smallest absolute Gasteiger partial charge is 0.0190 e. The van der Waals surface area contributed by atoms with E-state index in [0.717, 1.165) is 17.3 Å². The molecule has 76 valence electrons. The quantitative estimate of drug-likeness (QED) is 0.452. The van der Waals surface area contributed by atoms with Crippen molar-refractivity contribution in [3.63, 3.8) is 0 Å². The lowest BCUT2D eigenvalue weighted by Gasteiger charge is -2.03. The van der Waals surface area contributed by atoms with E-state index in [0.29, 0.717) is 0 Å². The zero-order chi connectivity index (χ0) is 10.2. The van der Waals surface area contributed by atoms with Gasteiger partial charge in [0, 0.05) is 17.3 Å². The summed E-state index contributed by atoms with van der Waals surface area (Å²) in [6, 6.07) is 8.56. The molecule has 0 saturated heterocycles. The van der Waals surface area contributed by atoms with Crippen molar-refractivity contribution in [2.75, 3.05) is 11.5 Å². The SMILES string of the molecule is Cc1ccccc1CSCC=CCS. The van der Waals surface area contributed by atoms with Gasteiger partial charge in [-0.1, -0.05) is 36.4 Å². The van der Waals surface area contributed by atoms with E-state index in [-0.39, 0.29) is 0 Å². The Labute approximate surface area is 96.2 Å². The lowest BCUT2D eigenvalue weighted by molar-refractivity contribution is 1.31. The fourth-order valence-electron chi connectivity index (χ4n) is 1.15. The summed E-state index contributed by atoms with van der Waals surface area (Å²) in [5.74, 6) is 3.02. The second-order valence-corrected chi connectivity index (χ2v) is 4.49. The predicted molar refractivity (Wildman–Crippen MR) is 70.3 cm³/mol. The average Bonchev–Trinajstić information content (AvgIpc) is 2.20. The number of benzene rings is 1. The van der Waals surface area contributed by atoms with E-state index < -0.39 is 0 Å². The van der Waals surface area contributed by atoms with Gasteiger partial charge in [0.2, 0.25) is 0 Å². The van der Waals surface area contributed by atoms with Gasteiger partial charge in [-0.05, 0) is 18.1 Å². The van der Waals surface area contributed by atoms with Crippen LogP contribution in [0.1, 0.15) is 11.1 Å². The molecule has 0 radical (unpaired) electrons. The maximum Gasteiger partial charge on any atom is 0.0190 e. The lowest BCUT2D eigenvalue weighted by atomic mass is 10.1. The molecule has 1 rings (SSSR count). The lowest BCUT2D eigenvalue weighted by Crippen LogP contribution is -1.85. The summed E-state index contributed by atoms with van der Waals surface area (Å²) in [6.45, 7) is 2.17. The number of aryl methyl sites for hydroxylation is 1. The van der Waals surface area contributed by atoms with Crippen molar-refractivity contribution in [3.8, 4) is 0 Å². The third-order valence-corrected chi connectivity index (χ3v) is 3.16. The molecule has 1 aromatic rings. The van der Waals surface area contributed by atoms with Crippen LogP contribution in [-0.2, 0) is 5.75 Å². The number of thioether (sulfide) groups is 1. The Morgan fingerprint density at radius 2 is 2.07 bits per heavy atom. The third-order valence-electron chi connectivity index (χ3n) is 2.00. The normalized spacial score (nSPS) is 11.0. The minimum Gasteiger partial charge on any atom is -0.175 e. The highest BCUT2D eigenvalue weighted by Crippen LogP contribution is 2.15. The van der Waals surface area contributed by atoms with Crippen LogP contribution >= 0.6 is 24.4 Å². The molecule has 0 spiro atoms. The predicted octanol–water partition coefficient (Wildman–Crippen LogP) is 3.71. The van der Waals surface area contributed by atoms with E-state index in [4.69, 9.17) is 0 Å². The molecule has 0 aromatic heterocycles. The molecular formula is C12H16S2. The first-order valence-corrected chi connectivity index (χ1v) is 6.51. The zero-order valence-corrected chi connectivity index (χ0v) is 10.2. The van der Waals surface area contributed by atoms with E-state index in [2.05, 4.69) is 56.0 Å². The molecule has 0 aliphatic carbocycles. The van der Waals surface area contributed by atoms with Gasteiger partial charge in [-0.2, -0.15) is 24.4 Å². The fourth-order valence-corrected chi connectivity index (χ4v) is 2.23.